The second kappa shape index (κ2) is 11.3. The molecule has 11 heteroatoms. The van der Waals surface area contributed by atoms with E-state index in [1.807, 2.05) is 0 Å². The molecule has 0 aliphatic carbocycles. The summed E-state index contributed by atoms with van der Waals surface area (Å²) in [5, 5.41) is -6.31. The van der Waals surface area contributed by atoms with Gasteiger partial charge in [-0.05, 0) is 47.4 Å². The van der Waals surface area contributed by atoms with E-state index in [1.165, 1.54) is 20.2 Å². The molecular weight excluding hydrogens is 526 g/mol. The molecule has 3 rings (SSSR count). The van der Waals surface area contributed by atoms with E-state index in [2.05, 4.69) is 106 Å². The average molecular weight is 551 g/mol. The van der Waals surface area contributed by atoms with Crippen LogP contribution in [0.3, 0.4) is 0 Å². The number of alkyl halides is 6. The third-order valence-corrected chi connectivity index (χ3v) is 8.02. The molecule has 0 N–H and O–H groups in total. The third kappa shape index (κ3) is 6.83. The minimum Gasteiger partial charge on any atom is -0.743 e. The number of benzene rings is 3. The highest BCUT2D eigenvalue weighted by atomic mass is 32.2. The second-order valence-electron chi connectivity index (χ2n) is 8.60. The lowest BCUT2D eigenvalue weighted by Gasteiger charge is -2.27. The lowest BCUT2D eigenvalue weighted by atomic mass is 9.87. The van der Waals surface area contributed by atoms with Crippen LogP contribution in [-0.2, 0) is 26.4 Å². The second-order valence-corrected chi connectivity index (χ2v) is 12.0. The Kier molecular flexibility index (Phi) is 9.30. The summed E-state index contributed by atoms with van der Waals surface area (Å²) in [7, 11) is -6.87. The van der Waals surface area contributed by atoms with Gasteiger partial charge in [0, 0.05) is 0 Å². The average Bonchev–Trinajstić information content (AvgIpc) is 2.80. The predicted molar refractivity (Wildman–Crippen MR) is 126 cm³/mol. The molecule has 0 aliphatic rings. The van der Waals surface area contributed by atoms with Crippen molar-refractivity contribution in [2.45, 2.75) is 58.5 Å². The van der Waals surface area contributed by atoms with Crippen molar-refractivity contribution in [2.24, 2.45) is 0 Å². The Labute approximate surface area is 209 Å². The zero-order chi connectivity index (χ0) is 27.4. The minimum atomic E-state index is -6.82. The maximum Gasteiger partial charge on any atom is 0.402 e. The molecule has 0 amide bonds. The van der Waals surface area contributed by atoms with E-state index >= 15 is 0 Å². The summed E-state index contributed by atoms with van der Waals surface area (Å²) in [5.74, 6) is -6.19. The zero-order valence-electron chi connectivity index (χ0n) is 19.5. The minimum absolute atomic E-state index is 0.0497. The van der Waals surface area contributed by atoms with Gasteiger partial charge in [-0.3, -0.25) is 0 Å². The largest absolute Gasteiger partial charge is 0.743 e. The molecule has 0 bridgehead atoms. The standard InChI is InChI=1S/C22H23S.C3H2F6O3S/c1-22(2,3)18-14-16-21(17-15-18)23(19-10-6-4-7-11-19)20-12-8-5-9-13-20;4-1(5)2(6,7)3(8,9)13(10,11)12/h4-17H,1-3H3;1H,(H,10,11,12)/q+1;/p-1. The van der Waals surface area contributed by atoms with Crippen molar-refractivity contribution in [1.29, 1.82) is 0 Å². The first-order chi connectivity index (χ1) is 16.5. The Hall–Kier alpha value is -2.50. The van der Waals surface area contributed by atoms with E-state index in [1.54, 1.807) is 0 Å². The van der Waals surface area contributed by atoms with Crippen molar-refractivity contribution < 1.29 is 39.3 Å². The summed E-state index contributed by atoms with van der Waals surface area (Å²) < 4.78 is 98.0. The number of halogens is 6. The van der Waals surface area contributed by atoms with Gasteiger partial charge in [-0.25, -0.2) is 17.2 Å². The van der Waals surface area contributed by atoms with Gasteiger partial charge in [-0.15, -0.1) is 0 Å². The summed E-state index contributed by atoms with van der Waals surface area (Å²) in [6.07, 6.45) is -4.94. The molecule has 0 saturated carbocycles. The van der Waals surface area contributed by atoms with Crippen molar-refractivity contribution in [2.75, 3.05) is 0 Å². The van der Waals surface area contributed by atoms with Crippen molar-refractivity contribution in [3.63, 3.8) is 0 Å². The molecule has 3 aromatic carbocycles. The molecule has 0 heterocycles. The fraction of sp³-hybridized carbons (Fsp3) is 0.280. The highest BCUT2D eigenvalue weighted by molar-refractivity contribution is 7.97. The molecule has 0 unspecified atom stereocenters. The molecule has 0 saturated heterocycles. The van der Waals surface area contributed by atoms with Crippen LogP contribution in [0.25, 0.3) is 0 Å². The molecule has 0 fully saturated rings. The van der Waals surface area contributed by atoms with Crippen molar-refractivity contribution in [3.05, 3.63) is 90.5 Å². The maximum absolute atomic E-state index is 11.8. The molecule has 0 spiro atoms. The van der Waals surface area contributed by atoms with Crippen LogP contribution in [0.15, 0.2) is 99.6 Å². The first kappa shape index (κ1) is 29.7. The van der Waals surface area contributed by atoms with Gasteiger partial charge in [0.1, 0.15) is 0 Å². The molecule has 3 aromatic rings. The van der Waals surface area contributed by atoms with Crippen molar-refractivity contribution >= 4 is 21.0 Å². The normalized spacial score (nSPS) is 12.9. The summed E-state index contributed by atoms with van der Waals surface area (Å²) in [5.41, 5.74) is 1.57. The van der Waals surface area contributed by atoms with Crippen LogP contribution in [0.2, 0.25) is 0 Å². The fourth-order valence-corrected chi connectivity index (χ4v) is 5.41. The Morgan fingerprint density at radius 2 is 1.06 bits per heavy atom. The van der Waals surface area contributed by atoms with Crippen LogP contribution in [-0.4, -0.2) is 30.6 Å². The van der Waals surface area contributed by atoms with Crippen LogP contribution in [0, 0.1) is 0 Å². The molecule has 3 nitrogen and oxygen atoms in total. The molecular formula is C25H24F6O3S2. The molecule has 0 aliphatic heterocycles. The first-order valence-corrected chi connectivity index (χ1v) is 13.1. The van der Waals surface area contributed by atoms with E-state index in [0.29, 0.717) is 0 Å². The lowest BCUT2D eigenvalue weighted by Crippen LogP contribution is -2.51. The van der Waals surface area contributed by atoms with Gasteiger partial charge < -0.3 is 4.55 Å². The third-order valence-electron chi connectivity index (χ3n) is 4.89. The van der Waals surface area contributed by atoms with Gasteiger partial charge in [0.15, 0.2) is 24.8 Å². The predicted octanol–water partition coefficient (Wildman–Crippen LogP) is 7.10. The Morgan fingerprint density at radius 3 is 1.33 bits per heavy atom. The summed E-state index contributed by atoms with van der Waals surface area (Å²) in [6.45, 7) is 6.78. The summed E-state index contributed by atoms with van der Waals surface area (Å²) >= 11 is 0. The van der Waals surface area contributed by atoms with E-state index in [9.17, 15) is 39.3 Å². The van der Waals surface area contributed by atoms with Gasteiger partial charge in [-0.2, -0.15) is 17.6 Å². The van der Waals surface area contributed by atoms with Crippen LogP contribution in [0.4, 0.5) is 26.3 Å². The van der Waals surface area contributed by atoms with Gasteiger partial charge in [0.2, 0.25) is 0 Å². The number of hydrogen-bond donors (Lipinski definition) is 0. The zero-order valence-corrected chi connectivity index (χ0v) is 21.1. The van der Waals surface area contributed by atoms with E-state index in [0.717, 1.165) is 0 Å². The van der Waals surface area contributed by atoms with E-state index < -0.39 is 27.7 Å². The number of rotatable bonds is 6. The van der Waals surface area contributed by atoms with Gasteiger partial charge >= 0.3 is 17.6 Å². The smallest absolute Gasteiger partial charge is 0.402 e. The van der Waals surface area contributed by atoms with Crippen LogP contribution in [0.5, 0.6) is 0 Å². The molecule has 0 aromatic heterocycles. The van der Waals surface area contributed by atoms with Gasteiger partial charge in [0.05, 0.1) is 10.9 Å². The van der Waals surface area contributed by atoms with Crippen LogP contribution in [0.1, 0.15) is 26.3 Å². The van der Waals surface area contributed by atoms with E-state index in [4.69, 9.17) is 0 Å². The molecule has 0 atom stereocenters. The highest BCUT2D eigenvalue weighted by Gasteiger charge is 2.67. The Morgan fingerprint density at radius 1 is 0.694 bits per heavy atom. The van der Waals surface area contributed by atoms with E-state index in [-0.39, 0.29) is 16.3 Å². The Balaban J connectivity index is 0.000000302. The SMILES string of the molecule is CC(C)(C)c1ccc([S+](c2ccccc2)c2ccccc2)cc1.O=S(=O)([O-])C(F)(F)C(F)(F)C(F)F. The number of hydrogen-bond acceptors (Lipinski definition) is 3. The van der Waals surface area contributed by atoms with Crippen LogP contribution < -0.4 is 0 Å². The quantitative estimate of drug-likeness (QED) is 0.187. The molecule has 36 heavy (non-hydrogen) atoms. The van der Waals surface area contributed by atoms with Crippen molar-refractivity contribution in [1.82, 2.24) is 0 Å². The first-order valence-electron chi connectivity index (χ1n) is 10.4. The fourth-order valence-electron chi connectivity index (χ4n) is 2.91. The van der Waals surface area contributed by atoms with Gasteiger partial charge in [0.25, 0.3) is 0 Å². The van der Waals surface area contributed by atoms with Gasteiger partial charge in [-0.1, -0.05) is 69.3 Å². The summed E-state index contributed by atoms with van der Waals surface area (Å²) in [4.78, 5) is 4.10. The highest BCUT2D eigenvalue weighted by Crippen LogP contribution is 2.42. The Bertz CT molecular complexity index is 1170. The van der Waals surface area contributed by atoms with Crippen LogP contribution >= 0.6 is 0 Å². The maximum atomic E-state index is 11.8. The molecule has 0 radical (unpaired) electrons. The topological polar surface area (TPSA) is 57.2 Å². The monoisotopic (exact) mass is 550 g/mol. The molecule has 196 valence electrons. The van der Waals surface area contributed by atoms with Crippen molar-refractivity contribution in [3.8, 4) is 0 Å². The lowest BCUT2D eigenvalue weighted by molar-refractivity contribution is -0.227. The summed E-state index contributed by atoms with van der Waals surface area (Å²) in [6, 6.07) is 30.7.